The molecule has 0 saturated heterocycles. The Kier molecular flexibility index (Phi) is 5.46. The van der Waals surface area contributed by atoms with Gasteiger partial charge >= 0.3 is 0 Å². The second kappa shape index (κ2) is 7.70. The van der Waals surface area contributed by atoms with Gasteiger partial charge in [0.2, 0.25) is 11.2 Å². The van der Waals surface area contributed by atoms with Crippen molar-refractivity contribution in [1.82, 2.24) is 0 Å². The predicted molar refractivity (Wildman–Crippen MR) is 110 cm³/mol. The van der Waals surface area contributed by atoms with Gasteiger partial charge in [-0.1, -0.05) is 23.3 Å². The summed E-state index contributed by atoms with van der Waals surface area (Å²) in [6.07, 6.45) is 4.00. The molecule has 6 heteroatoms. The quantitative estimate of drug-likeness (QED) is 0.460. The third-order valence-corrected chi connectivity index (χ3v) is 5.06. The lowest BCUT2D eigenvalue weighted by Crippen LogP contribution is -2.35. The largest absolute Gasteiger partial charge is 0.504 e. The molecular formula is C23H24O6. The molecule has 6 nitrogen and oxygen atoms in total. The van der Waals surface area contributed by atoms with Gasteiger partial charge in [-0.3, -0.25) is 14.4 Å². The molecule has 0 radical (unpaired) electrons. The monoisotopic (exact) mass is 396 g/mol. The number of benzene rings is 1. The first-order chi connectivity index (χ1) is 13.6. The molecule has 1 atom stereocenters. The zero-order valence-corrected chi connectivity index (χ0v) is 17.0. The minimum absolute atomic E-state index is 0.0138. The van der Waals surface area contributed by atoms with E-state index in [1.807, 2.05) is 33.8 Å². The van der Waals surface area contributed by atoms with E-state index in [9.17, 15) is 24.6 Å². The summed E-state index contributed by atoms with van der Waals surface area (Å²) in [4.78, 5) is 38.5. The van der Waals surface area contributed by atoms with E-state index in [0.717, 1.165) is 11.1 Å². The fraction of sp³-hybridized carbons (Fsp3) is 0.348. The van der Waals surface area contributed by atoms with Crippen LogP contribution in [0, 0.1) is 5.92 Å². The number of Topliss-reactive ketones (excluding diaryl/α,β-unsaturated/α-hetero) is 2. The molecule has 0 spiro atoms. The second-order valence-corrected chi connectivity index (χ2v) is 7.90. The highest BCUT2D eigenvalue weighted by molar-refractivity contribution is 6.15. The number of aromatic hydroxyl groups is 2. The van der Waals surface area contributed by atoms with E-state index >= 15 is 0 Å². The van der Waals surface area contributed by atoms with E-state index in [1.54, 1.807) is 6.08 Å². The first-order valence-electron chi connectivity index (χ1n) is 9.49. The van der Waals surface area contributed by atoms with Crippen LogP contribution >= 0.6 is 0 Å². The number of allylic oxidation sites excluding steroid dienone is 4. The van der Waals surface area contributed by atoms with Gasteiger partial charge in [0.15, 0.2) is 22.9 Å². The minimum Gasteiger partial charge on any atom is -0.504 e. The third kappa shape index (κ3) is 3.75. The lowest BCUT2D eigenvalue weighted by Gasteiger charge is -2.21. The SMILES string of the molecule is CC(C)=CCc1cc2c(=O)c3c(oc2c(O)c1O)CC(=O)C(CC=C(C)C)C3=O. The van der Waals surface area contributed by atoms with Crippen molar-refractivity contribution in [2.45, 2.75) is 47.0 Å². The molecule has 0 aliphatic heterocycles. The Hall–Kier alpha value is -3.15. The van der Waals surface area contributed by atoms with Crippen molar-refractivity contribution >= 4 is 22.5 Å². The Morgan fingerprint density at radius 1 is 1.07 bits per heavy atom. The Bertz CT molecular complexity index is 1140. The number of hydrogen-bond donors (Lipinski definition) is 2. The maximum absolute atomic E-state index is 13.1. The number of phenols is 2. The van der Waals surface area contributed by atoms with Gasteiger partial charge in [-0.2, -0.15) is 0 Å². The average molecular weight is 396 g/mol. The number of carbonyl (C=O) groups is 2. The maximum atomic E-state index is 13.1. The van der Waals surface area contributed by atoms with E-state index in [-0.39, 0.29) is 46.7 Å². The van der Waals surface area contributed by atoms with Crippen LogP contribution in [-0.4, -0.2) is 21.8 Å². The summed E-state index contributed by atoms with van der Waals surface area (Å²) in [7, 11) is 0. The van der Waals surface area contributed by atoms with Crippen LogP contribution in [-0.2, 0) is 17.6 Å². The molecule has 1 aliphatic rings. The zero-order chi connectivity index (χ0) is 21.5. The summed E-state index contributed by atoms with van der Waals surface area (Å²) < 4.78 is 5.59. The Labute approximate surface area is 168 Å². The van der Waals surface area contributed by atoms with Crippen molar-refractivity contribution in [3.05, 3.63) is 56.5 Å². The highest BCUT2D eigenvalue weighted by atomic mass is 16.4. The molecule has 152 valence electrons. The molecule has 1 heterocycles. The fourth-order valence-corrected chi connectivity index (χ4v) is 3.44. The molecule has 0 fully saturated rings. The van der Waals surface area contributed by atoms with Crippen LogP contribution in [0.1, 0.15) is 55.8 Å². The van der Waals surface area contributed by atoms with Crippen LogP contribution in [0.15, 0.2) is 38.6 Å². The van der Waals surface area contributed by atoms with Crippen LogP contribution in [0.2, 0.25) is 0 Å². The molecule has 2 N–H and O–H groups in total. The average Bonchev–Trinajstić information content (AvgIpc) is 2.63. The van der Waals surface area contributed by atoms with Crippen molar-refractivity contribution in [1.29, 1.82) is 0 Å². The highest BCUT2D eigenvalue weighted by Crippen LogP contribution is 2.38. The highest BCUT2D eigenvalue weighted by Gasteiger charge is 2.38. The van der Waals surface area contributed by atoms with Gasteiger partial charge < -0.3 is 14.6 Å². The lowest BCUT2D eigenvalue weighted by atomic mass is 9.82. The van der Waals surface area contributed by atoms with Gasteiger partial charge in [0.05, 0.1) is 17.7 Å². The van der Waals surface area contributed by atoms with Crippen LogP contribution < -0.4 is 5.43 Å². The van der Waals surface area contributed by atoms with E-state index in [0.29, 0.717) is 12.0 Å². The van der Waals surface area contributed by atoms with E-state index < -0.39 is 22.9 Å². The molecule has 3 rings (SSSR count). The molecule has 0 bridgehead atoms. The summed E-state index contributed by atoms with van der Waals surface area (Å²) in [5, 5.41) is 20.7. The minimum atomic E-state index is -0.909. The Morgan fingerprint density at radius 2 is 1.72 bits per heavy atom. The number of hydrogen-bond acceptors (Lipinski definition) is 6. The standard InChI is InChI=1S/C23H24O6/c1-11(2)5-7-13-9-15-21(27)18-17(29-23(15)22(28)19(13)25)10-16(24)14(20(18)26)8-6-12(3)4/h5-6,9,14,25,28H,7-8,10H2,1-4H3. The van der Waals surface area contributed by atoms with Gasteiger partial charge in [0, 0.05) is 5.56 Å². The van der Waals surface area contributed by atoms with E-state index in [2.05, 4.69) is 0 Å². The van der Waals surface area contributed by atoms with Crippen molar-refractivity contribution in [2.75, 3.05) is 0 Å². The van der Waals surface area contributed by atoms with E-state index in [4.69, 9.17) is 4.42 Å². The molecule has 2 aromatic rings. The fourth-order valence-electron chi connectivity index (χ4n) is 3.44. The molecule has 1 unspecified atom stereocenters. The summed E-state index contributed by atoms with van der Waals surface area (Å²) in [6, 6.07) is 1.44. The van der Waals surface area contributed by atoms with Crippen molar-refractivity contribution in [3.8, 4) is 11.5 Å². The molecular weight excluding hydrogens is 372 g/mol. The normalized spacial score (nSPS) is 15.9. The Morgan fingerprint density at radius 3 is 2.34 bits per heavy atom. The molecule has 1 aromatic carbocycles. The van der Waals surface area contributed by atoms with Crippen LogP contribution in [0.5, 0.6) is 11.5 Å². The third-order valence-electron chi connectivity index (χ3n) is 5.06. The zero-order valence-electron chi connectivity index (χ0n) is 17.0. The van der Waals surface area contributed by atoms with Gasteiger partial charge in [-0.05, 0) is 46.6 Å². The van der Waals surface area contributed by atoms with Crippen molar-refractivity contribution < 1.29 is 24.2 Å². The first kappa shape index (κ1) is 20.6. The molecule has 29 heavy (non-hydrogen) atoms. The maximum Gasteiger partial charge on any atom is 0.203 e. The van der Waals surface area contributed by atoms with Gasteiger partial charge in [-0.15, -0.1) is 0 Å². The summed E-state index contributed by atoms with van der Waals surface area (Å²) in [5.74, 6) is -2.79. The van der Waals surface area contributed by atoms with Crippen LogP contribution in [0.3, 0.4) is 0 Å². The molecule has 1 aliphatic carbocycles. The number of ketones is 2. The molecule has 1 aromatic heterocycles. The Balaban J connectivity index is 2.21. The molecule has 0 amide bonds. The predicted octanol–water partition coefficient (Wildman–Crippen LogP) is 3.99. The van der Waals surface area contributed by atoms with Crippen LogP contribution in [0.25, 0.3) is 11.0 Å². The summed E-state index contributed by atoms with van der Waals surface area (Å²) >= 11 is 0. The summed E-state index contributed by atoms with van der Waals surface area (Å²) in [5.41, 5.74) is 1.40. The van der Waals surface area contributed by atoms with Gasteiger partial charge in [0.1, 0.15) is 11.3 Å². The van der Waals surface area contributed by atoms with Gasteiger partial charge in [-0.25, -0.2) is 0 Å². The van der Waals surface area contributed by atoms with Crippen LogP contribution in [0.4, 0.5) is 0 Å². The summed E-state index contributed by atoms with van der Waals surface area (Å²) in [6.45, 7) is 7.53. The lowest BCUT2D eigenvalue weighted by molar-refractivity contribution is -0.121. The smallest absolute Gasteiger partial charge is 0.203 e. The van der Waals surface area contributed by atoms with E-state index in [1.165, 1.54) is 6.07 Å². The topological polar surface area (TPSA) is 105 Å². The number of rotatable bonds is 4. The first-order valence-corrected chi connectivity index (χ1v) is 9.49. The number of carbonyl (C=O) groups excluding carboxylic acids is 2. The van der Waals surface area contributed by atoms with Gasteiger partial charge in [0.25, 0.3) is 0 Å². The van der Waals surface area contributed by atoms with Crippen molar-refractivity contribution in [2.24, 2.45) is 5.92 Å². The van der Waals surface area contributed by atoms with Crippen molar-refractivity contribution in [3.63, 3.8) is 0 Å². The number of fused-ring (bicyclic) bond motifs is 2. The second-order valence-electron chi connectivity index (χ2n) is 7.90. The number of phenolic OH excluding ortho intramolecular Hbond substituents is 2. The molecule has 0 saturated carbocycles.